The molecule has 1 atom stereocenters. The van der Waals surface area contributed by atoms with Crippen molar-refractivity contribution in [1.82, 2.24) is 10.6 Å². The van der Waals surface area contributed by atoms with E-state index in [0.717, 1.165) is 11.8 Å². The van der Waals surface area contributed by atoms with Gasteiger partial charge in [0.15, 0.2) is 5.17 Å². The molecule has 0 bridgehead atoms. The van der Waals surface area contributed by atoms with Crippen LogP contribution in [0.5, 0.6) is 0 Å². The number of thioether (sulfide) groups is 1. The van der Waals surface area contributed by atoms with E-state index in [-0.39, 0.29) is 23.9 Å². The van der Waals surface area contributed by atoms with Crippen molar-refractivity contribution in [3.8, 4) is 0 Å². The summed E-state index contributed by atoms with van der Waals surface area (Å²) in [5.74, 6) is -0.472. The quantitative estimate of drug-likeness (QED) is 0.449. The fraction of sp³-hybridized carbons (Fsp3) is 0.333. The van der Waals surface area contributed by atoms with Crippen molar-refractivity contribution in [1.29, 1.82) is 0 Å². The molecule has 1 aliphatic heterocycles. The monoisotopic (exact) mass is 363 g/mol. The minimum Gasteiger partial charge on any atom is -0.356 e. The summed E-state index contributed by atoms with van der Waals surface area (Å²) in [5, 5.41) is 23.7. The molecule has 1 aromatic rings. The van der Waals surface area contributed by atoms with Crippen LogP contribution in [0.25, 0.3) is 0 Å². The lowest BCUT2D eigenvalue weighted by molar-refractivity contribution is -0.384. The molecule has 132 valence electrons. The van der Waals surface area contributed by atoms with E-state index in [1.165, 1.54) is 12.1 Å². The summed E-state index contributed by atoms with van der Waals surface area (Å²) in [6.45, 7) is 4.03. The molecule has 0 radical (unpaired) electrons. The van der Waals surface area contributed by atoms with Crippen LogP contribution in [0, 0.1) is 10.1 Å². The van der Waals surface area contributed by atoms with Gasteiger partial charge in [0.25, 0.3) is 5.69 Å². The number of non-ortho nitro benzene ring substituents is 1. The third-order valence-corrected chi connectivity index (χ3v) is 4.38. The second kappa shape index (κ2) is 8.38. The highest BCUT2D eigenvalue weighted by Gasteiger charge is 2.32. The van der Waals surface area contributed by atoms with Crippen LogP contribution in [0.4, 0.5) is 5.69 Å². The lowest BCUT2D eigenvalue weighted by Crippen LogP contribution is -2.31. The summed E-state index contributed by atoms with van der Waals surface area (Å²) in [5.41, 5.74) is 1.22. The summed E-state index contributed by atoms with van der Waals surface area (Å²) >= 11 is 1.15. The predicted octanol–water partition coefficient (Wildman–Crippen LogP) is 1.43. The van der Waals surface area contributed by atoms with Gasteiger partial charge < -0.3 is 10.6 Å². The van der Waals surface area contributed by atoms with Crippen LogP contribution in [0.3, 0.4) is 0 Å². The van der Waals surface area contributed by atoms with Crippen molar-refractivity contribution in [2.24, 2.45) is 10.2 Å². The largest absolute Gasteiger partial charge is 0.356 e. The van der Waals surface area contributed by atoms with Gasteiger partial charge >= 0.3 is 0 Å². The van der Waals surface area contributed by atoms with Gasteiger partial charge in [0.05, 0.1) is 10.6 Å². The minimum absolute atomic E-state index is 0.00493. The number of nitrogens with zero attached hydrogens (tertiary/aromatic N) is 3. The molecule has 9 nitrogen and oxygen atoms in total. The van der Waals surface area contributed by atoms with E-state index in [2.05, 4.69) is 20.8 Å². The zero-order valence-corrected chi connectivity index (χ0v) is 14.5. The van der Waals surface area contributed by atoms with E-state index in [4.69, 9.17) is 0 Å². The maximum Gasteiger partial charge on any atom is 0.269 e. The Balaban J connectivity index is 2.02. The summed E-state index contributed by atoms with van der Waals surface area (Å²) < 4.78 is 0. The van der Waals surface area contributed by atoms with E-state index >= 15 is 0 Å². The first-order valence-electron chi connectivity index (χ1n) is 7.52. The van der Waals surface area contributed by atoms with E-state index in [1.807, 2.05) is 6.92 Å². The molecular formula is C15H17N5O4S. The van der Waals surface area contributed by atoms with Gasteiger partial charge in [0, 0.05) is 25.1 Å². The molecule has 25 heavy (non-hydrogen) atoms. The number of carbonyl (C=O) groups excluding carboxylic acids is 2. The second-order valence-corrected chi connectivity index (χ2v) is 6.34. The first-order chi connectivity index (χ1) is 11.9. The van der Waals surface area contributed by atoms with Crippen LogP contribution in [-0.2, 0) is 9.59 Å². The second-order valence-electron chi connectivity index (χ2n) is 5.15. The molecule has 0 saturated carbocycles. The highest BCUT2D eigenvalue weighted by Crippen LogP contribution is 2.22. The topological polar surface area (TPSA) is 126 Å². The lowest BCUT2D eigenvalue weighted by atomic mass is 10.1. The third-order valence-electron chi connectivity index (χ3n) is 3.31. The number of amides is 2. The van der Waals surface area contributed by atoms with E-state index in [1.54, 1.807) is 19.1 Å². The van der Waals surface area contributed by atoms with Crippen LogP contribution in [0.15, 0.2) is 34.5 Å². The number of carbonyl (C=O) groups is 2. The van der Waals surface area contributed by atoms with Crippen LogP contribution in [0.2, 0.25) is 0 Å². The van der Waals surface area contributed by atoms with E-state index in [9.17, 15) is 19.7 Å². The number of rotatable bonds is 6. The maximum atomic E-state index is 11.8. The number of nitro benzene ring substituents is 1. The van der Waals surface area contributed by atoms with Crippen LogP contribution in [0.1, 0.15) is 25.8 Å². The van der Waals surface area contributed by atoms with Gasteiger partial charge in [0.1, 0.15) is 5.25 Å². The Hall–Kier alpha value is -2.75. The van der Waals surface area contributed by atoms with Gasteiger partial charge in [-0.1, -0.05) is 11.8 Å². The molecule has 0 aromatic heterocycles. The molecule has 2 N–H and O–H groups in total. The lowest BCUT2D eigenvalue weighted by Gasteiger charge is -2.04. The van der Waals surface area contributed by atoms with Crippen molar-refractivity contribution in [2.75, 3.05) is 6.54 Å². The number of nitrogens with one attached hydrogen (secondary N) is 2. The first-order valence-corrected chi connectivity index (χ1v) is 8.40. The number of hydrogen-bond donors (Lipinski definition) is 2. The van der Waals surface area contributed by atoms with Crippen molar-refractivity contribution < 1.29 is 14.5 Å². The fourth-order valence-corrected chi connectivity index (χ4v) is 2.94. The van der Waals surface area contributed by atoms with Crippen molar-refractivity contribution in [3.63, 3.8) is 0 Å². The van der Waals surface area contributed by atoms with Crippen molar-refractivity contribution >= 4 is 40.1 Å². The fourth-order valence-electron chi connectivity index (χ4n) is 2.03. The Kier molecular flexibility index (Phi) is 6.23. The Morgan fingerprint density at radius 1 is 1.40 bits per heavy atom. The molecular weight excluding hydrogens is 346 g/mol. The SMILES string of the molecule is CCNC(=O)CC1S/C(=N\N=C(/C)c2ccc([N+](=O)[O-])cc2)NC1=O. The molecule has 1 aliphatic rings. The molecule has 1 heterocycles. The Bertz CT molecular complexity index is 745. The van der Waals surface area contributed by atoms with Crippen LogP contribution in [-0.4, -0.2) is 39.4 Å². The molecule has 10 heteroatoms. The summed E-state index contributed by atoms with van der Waals surface area (Å²) in [6, 6.07) is 5.93. The molecule has 1 saturated heterocycles. The van der Waals surface area contributed by atoms with E-state index in [0.29, 0.717) is 23.0 Å². The number of benzene rings is 1. The van der Waals surface area contributed by atoms with Crippen molar-refractivity contribution in [2.45, 2.75) is 25.5 Å². The zero-order chi connectivity index (χ0) is 18.4. The normalized spacial score (nSPS) is 19.0. The van der Waals surface area contributed by atoms with Gasteiger partial charge in [-0.25, -0.2) is 0 Å². The average molecular weight is 363 g/mol. The zero-order valence-electron chi connectivity index (χ0n) is 13.7. The highest BCUT2D eigenvalue weighted by atomic mass is 32.2. The summed E-state index contributed by atoms with van der Waals surface area (Å²) in [4.78, 5) is 33.6. The minimum atomic E-state index is -0.528. The number of hydrogen-bond acceptors (Lipinski definition) is 7. The molecule has 1 fully saturated rings. The van der Waals surface area contributed by atoms with Gasteiger partial charge in [-0.3, -0.25) is 19.7 Å². The molecule has 1 unspecified atom stereocenters. The third kappa shape index (κ3) is 5.11. The van der Waals surface area contributed by atoms with Gasteiger partial charge in [-0.15, -0.1) is 5.10 Å². The first kappa shape index (κ1) is 18.6. The molecule has 2 rings (SSSR count). The van der Waals surface area contributed by atoms with E-state index < -0.39 is 10.2 Å². The Labute approximate surface area is 148 Å². The molecule has 0 spiro atoms. The van der Waals surface area contributed by atoms with Crippen LogP contribution < -0.4 is 10.6 Å². The highest BCUT2D eigenvalue weighted by molar-refractivity contribution is 8.15. The summed E-state index contributed by atoms with van der Waals surface area (Å²) in [7, 11) is 0. The summed E-state index contributed by atoms with van der Waals surface area (Å²) in [6.07, 6.45) is 0.0778. The number of amidine groups is 1. The Morgan fingerprint density at radius 3 is 2.68 bits per heavy atom. The predicted molar refractivity (Wildman–Crippen MR) is 95.6 cm³/mol. The molecule has 2 amide bonds. The standard InChI is InChI=1S/C15H17N5O4S/c1-3-16-13(21)8-12-14(22)17-15(25-12)19-18-9(2)10-4-6-11(7-5-10)20(23)24/h4-7,12H,3,8H2,1-2H3,(H,16,21)(H,17,19,22)/b18-9+. The Morgan fingerprint density at radius 2 is 2.08 bits per heavy atom. The molecule has 0 aliphatic carbocycles. The molecule has 1 aromatic carbocycles. The van der Waals surface area contributed by atoms with Gasteiger partial charge in [0.2, 0.25) is 11.8 Å². The number of nitro groups is 1. The maximum absolute atomic E-state index is 11.8. The smallest absolute Gasteiger partial charge is 0.269 e. The average Bonchev–Trinajstić information content (AvgIpc) is 2.92. The van der Waals surface area contributed by atoms with Crippen LogP contribution >= 0.6 is 11.8 Å². The van der Waals surface area contributed by atoms with Gasteiger partial charge in [-0.05, 0) is 31.5 Å². The van der Waals surface area contributed by atoms with Crippen molar-refractivity contribution in [3.05, 3.63) is 39.9 Å². The van der Waals surface area contributed by atoms with Gasteiger partial charge in [-0.2, -0.15) is 5.10 Å².